The average molecular weight is 438 g/mol. The molecule has 0 unspecified atom stereocenters. The van der Waals surface area contributed by atoms with Crippen molar-refractivity contribution in [3.05, 3.63) is 76.8 Å². The van der Waals surface area contributed by atoms with E-state index in [1.54, 1.807) is 6.07 Å². The first-order chi connectivity index (χ1) is 14.6. The van der Waals surface area contributed by atoms with Crippen LogP contribution in [0.4, 0.5) is 5.69 Å². The second-order valence-electron chi connectivity index (χ2n) is 7.58. The molecule has 1 fully saturated rings. The Kier molecular flexibility index (Phi) is 6.62. The minimum atomic E-state index is -0.262. The molecular weight excluding hydrogens is 414 g/mol. The smallest absolute Gasteiger partial charge is 0.258 e. The molecule has 1 heterocycles. The van der Waals surface area contributed by atoms with Crippen LogP contribution in [0.15, 0.2) is 60.7 Å². The zero-order chi connectivity index (χ0) is 20.9. The number of piperidine rings is 1. The van der Waals surface area contributed by atoms with Crippen LogP contribution in [-0.4, -0.2) is 29.0 Å². The molecule has 0 atom stereocenters. The summed E-state index contributed by atoms with van der Waals surface area (Å²) in [7, 11) is 0. The number of carbonyl (C=O) groups excluding carboxylic acids is 1. The van der Waals surface area contributed by atoms with Crippen LogP contribution in [0.1, 0.15) is 35.2 Å². The topological polar surface area (TPSA) is 44.4 Å². The molecule has 4 rings (SSSR count). The molecule has 0 radical (unpaired) electrons. The Morgan fingerprint density at radius 1 is 0.933 bits per heavy atom. The maximum Gasteiger partial charge on any atom is 0.258 e. The highest BCUT2D eigenvalue weighted by atomic mass is 35.5. The Morgan fingerprint density at radius 2 is 1.63 bits per heavy atom. The fraction of sp³-hybridized carbons (Fsp3) is 0.250. The van der Waals surface area contributed by atoms with Crippen molar-refractivity contribution in [3.63, 3.8) is 0 Å². The number of fused-ring (bicyclic) bond motifs is 1. The number of thiocarbonyl (C=S) groups is 1. The van der Waals surface area contributed by atoms with Crippen molar-refractivity contribution in [1.29, 1.82) is 0 Å². The van der Waals surface area contributed by atoms with E-state index >= 15 is 0 Å². The van der Waals surface area contributed by atoms with Crippen LogP contribution in [-0.2, 0) is 6.54 Å². The Hall–Kier alpha value is -2.47. The highest BCUT2D eigenvalue weighted by molar-refractivity contribution is 7.80. The van der Waals surface area contributed by atoms with E-state index in [1.807, 2.05) is 42.5 Å². The van der Waals surface area contributed by atoms with Gasteiger partial charge >= 0.3 is 0 Å². The van der Waals surface area contributed by atoms with E-state index in [-0.39, 0.29) is 11.0 Å². The van der Waals surface area contributed by atoms with Gasteiger partial charge in [-0.05, 0) is 73.4 Å². The van der Waals surface area contributed by atoms with Crippen LogP contribution in [0.5, 0.6) is 0 Å². The van der Waals surface area contributed by atoms with Crippen LogP contribution >= 0.6 is 23.8 Å². The molecular formula is C24H24ClN3OS. The third-order valence-corrected chi connectivity index (χ3v) is 5.94. The lowest BCUT2D eigenvalue weighted by Gasteiger charge is -2.26. The van der Waals surface area contributed by atoms with E-state index in [1.165, 1.54) is 37.9 Å². The number of hydrogen-bond acceptors (Lipinski definition) is 3. The van der Waals surface area contributed by atoms with Gasteiger partial charge in [-0.25, -0.2) is 0 Å². The van der Waals surface area contributed by atoms with Crippen LogP contribution in [0.3, 0.4) is 0 Å². The summed E-state index contributed by atoms with van der Waals surface area (Å²) in [5.74, 6) is -0.262. The highest BCUT2D eigenvalue weighted by Crippen LogP contribution is 2.26. The number of carbonyl (C=O) groups is 1. The predicted molar refractivity (Wildman–Crippen MR) is 128 cm³/mol. The fourth-order valence-corrected chi connectivity index (χ4v) is 4.32. The Bertz CT molecular complexity index is 1060. The van der Waals surface area contributed by atoms with E-state index in [0.29, 0.717) is 10.6 Å². The predicted octanol–water partition coefficient (Wildman–Crippen LogP) is 5.61. The molecule has 1 aliphatic rings. The lowest BCUT2D eigenvalue weighted by molar-refractivity contribution is 0.0979. The second-order valence-corrected chi connectivity index (χ2v) is 8.40. The largest absolute Gasteiger partial charge is 0.332 e. The van der Waals surface area contributed by atoms with Crippen molar-refractivity contribution in [3.8, 4) is 0 Å². The molecule has 0 saturated carbocycles. The van der Waals surface area contributed by atoms with Gasteiger partial charge in [0.2, 0.25) is 0 Å². The van der Waals surface area contributed by atoms with E-state index in [0.717, 1.165) is 23.0 Å². The van der Waals surface area contributed by atoms with Crippen molar-refractivity contribution in [2.24, 2.45) is 0 Å². The minimum absolute atomic E-state index is 0.262. The molecule has 0 aliphatic carbocycles. The number of nitrogens with zero attached hydrogens (tertiary/aromatic N) is 1. The van der Waals surface area contributed by atoms with Crippen LogP contribution in [0.25, 0.3) is 10.8 Å². The zero-order valence-corrected chi connectivity index (χ0v) is 18.2. The molecule has 3 aromatic rings. The summed E-state index contributed by atoms with van der Waals surface area (Å²) >= 11 is 11.6. The first-order valence-electron chi connectivity index (χ1n) is 10.2. The van der Waals surface area contributed by atoms with E-state index in [9.17, 15) is 4.79 Å². The number of likely N-dealkylation sites (tertiary alicyclic amines) is 1. The highest BCUT2D eigenvalue weighted by Gasteiger charge is 2.13. The molecule has 4 nitrogen and oxygen atoms in total. The maximum atomic E-state index is 12.8. The average Bonchev–Trinajstić information content (AvgIpc) is 2.76. The van der Waals surface area contributed by atoms with E-state index < -0.39 is 0 Å². The molecule has 154 valence electrons. The van der Waals surface area contributed by atoms with Gasteiger partial charge in [0, 0.05) is 28.2 Å². The number of halogens is 1. The fourth-order valence-electron chi connectivity index (χ4n) is 3.87. The number of amides is 1. The van der Waals surface area contributed by atoms with Gasteiger partial charge in [-0.3, -0.25) is 15.0 Å². The van der Waals surface area contributed by atoms with Crippen LogP contribution < -0.4 is 10.6 Å². The van der Waals surface area contributed by atoms with Gasteiger partial charge in [0.05, 0.1) is 0 Å². The lowest BCUT2D eigenvalue weighted by atomic mass is 10.0. The van der Waals surface area contributed by atoms with Crippen molar-refractivity contribution < 1.29 is 4.79 Å². The summed E-state index contributed by atoms with van der Waals surface area (Å²) in [6, 6.07) is 19.2. The van der Waals surface area contributed by atoms with Gasteiger partial charge in [0.1, 0.15) is 0 Å². The number of rotatable bonds is 4. The van der Waals surface area contributed by atoms with Crippen LogP contribution in [0, 0.1) is 0 Å². The third-order valence-electron chi connectivity index (χ3n) is 5.41. The van der Waals surface area contributed by atoms with E-state index in [4.69, 9.17) is 23.8 Å². The summed E-state index contributed by atoms with van der Waals surface area (Å²) in [4.78, 5) is 15.3. The number of hydrogen-bond donors (Lipinski definition) is 2. The molecule has 1 amide bonds. The number of benzene rings is 3. The number of nitrogens with one attached hydrogen (secondary N) is 2. The normalized spacial score (nSPS) is 14.4. The molecule has 2 N–H and O–H groups in total. The Labute approximate surface area is 187 Å². The summed E-state index contributed by atoms with van der Waals surface area (Å²) in [5.41, 5.74) is 2.67. The molecule has 0 spiro atoms. The standard InChI is InChI=1S/C24H24ClN3OS/c25-22-9-5-6-19-20(22)7-4-8-21(19)23(29)27-24(30)26-18-12-10-17(11-13-18)16-28-14-2-1-3-15-28/h4-13H,1-3,14-16H2,(H2,26,27,29,30). The molecule has 0 bridgehead atoms. The molecule has 0 aromatic heterocycles. The summed E-state index contributed by atoms with van der Waals surface area (Å²) < 4.78 is 0. The van der Waals surface area contributed by atoms with Gasteiger partial charge in [0.25, 0.3) is 5.91 Å². The van der Waals surface area contributed by atoms with E-state index in [2.05, 4.69) is 27.7 Å². The van der Waals surface area contributed by atoms with Gasteiger partial charge in [-0.1, -0.05) is 54.4 Å². The molecule has 1 aliphatic heterocycles. The van der Waals surface area contributed by atoms with Crippen molar-refractivity contribution in [2.75, 3.05) is 18.4 Å². The molecule has 6 heteroatoms. The van der Waals surface area contributed by atoms with Crippen LogP contribution in [0.2, 0.25) is 5.02 Å². The summed E-state index contributed by atoms with van der Waals surface area (Å²) in [6.45, 7) is 3.33. The van der Waals surface area contributed by atoms with Crippen molar-refractivity contribution in [2.45, 2.75) is 25.8 Å². The molecule has 3 aromatic carbocycles. The van der Waals surface area contributed by atoms with Gasteiger partial charge < -0.3 is 5.32 Å². The Balaban J connectivity index is 1.37. The quantitative estimate of drug-likeness (QED) is 0.521. The van der Waals surface area contributed by atoms with Gasteiger partial charge in [-0.15, -0.1) is 0 Å². The molecule has 30 heavy (non-hydrogen) atoms. The maximum absolute atomic E-state index is 12.8. The second kappa shape index (κ2) is 9.56. The monoisotopic (exact) mass is 437 g/mol. The van der Waals surface area contributed by atoms with Gasteiger partial charge in [0.15, 0.2) is 5.11 Å². The minimum Gasteiger partial charge on any atom is -0.332 e. The zero-order valence-electron chi connectivity index (χ0n) is 16.7. The third kappa shape index (κ3) is 4.98. The first kappa shape index (κ1) is 20.8. The summed E-state index contributed by atoms with van der Waals surface area (Å²) in [6.07, 6.45) is 3.92. The number of anilines is 1. The van der Waals surface area contributed by atoms with Crippen molar-refractivity contribution >= 4 is 51.3 Å². The Morgan fingerprint density at radius 3 is 2.40 bits per heavy atom. The lowest BCUT2D eigenvalue weighted by Crippen LogP contribution is -2.34. The van der Waals surface area contributed by atoms with Crippen molar-refractivity contribution in [1.82, 2.24) is 10.2 Å². The SMILES string of the molecule is O=C(NC(=S)Nc1ccc(CN2CCCCC2)cc1)c1cccc2c(Cl)cccc12. The summed E-state index contributed by atoms with van der Waals surface area (Å²) in [5, 5.41) is 8.38. The first-order valence-corrected chi connectivity index (χ1v) is 11.0. The van der Waals surface area contributed by atoms with Gasteiger partial charge in [-0.2, -0.15) is 0 Å². The molecule has 1 saturated heterocycles.